The Morgan fingerprint density at radius 2 is 0.925 bits per heavy atom. The minimum absolute atomic E-state index is 0. The van der Waals surface area contributed by atoms with Crippen LogP contribution in [0.1, 0.15) is 117 Å². The van der Waals surface area contributed by atoms with E-state index in [-0.39, 0.29) is 24.8 Å². The zero-order valence-electron chi connectivity index (χ0n) is 31.3. The minimum Gasteiger partial charge on any atom is -1.00 e. The number of benzene rings is 4. The van der Waals surface area contributed by atoms with Gasteiger partial charge in [0.05, 0.1) is 0 Å². The Balaban J connectivity index is 0.00000240. The first-order valence-electron chi connectivity index (χ1n) is 18.6. The second-order valence-corrected chi connectivity index (χ2v) is 20.7. The van der Waals surface area contributed by atoms with Crippen LogP contribution in [0.2, 0.25) is 0 Å². The fourth-order valence-corrected chi connectivity index (χ4v) is 14.6. The number of rotatable bonds is 10. The van der Waals surface area contributed by atoms with E-state index in [0.29, 0.717) is 23.7 Å². The van der Waals surface area contributed by atoms with Gasteiger partial charge in [-0.25, -0.2) is 0 Å². The van der Waals surface area contributed by atoms with E-state index in [1.54, 1.807) is 6.56 Å². The maximum atomic E-state index is 2.63. The van der Waals surface area contributed by atoms with Crippen molar-refractivity contribution in [1.82, 2.24) is 0 Å². The summed E-state index contributed by atoms with van der Waals surface area (Å²) in [7, 11) is 0. The molecule has 0 saturated heterocycles. The molecule has 6 aromatic rings. The van der Waals surface area contributed by atoms with Crippen molar-refractivity contribution in [3.8, 4) is 22.3 Å². The van der Waals surface area contributed by atoms with Gasteiger partial charge in [0, 0.05) is 0 Å². The van der Waals surface area contributed by atoms with Gasteiger partial charge in [0.25, 0.3) is 0 Å². The van der Waals surface area contributed by atoms with Crippen molar-refractivity contribution >= 4 is 34.8 Å². The Morgan fingerprint density at radius 1 is 0.528 bits per heavy atom. The van der Waals surface area contributed by atoms with Crippen LogP contribution in [-0.2, 0) is 23.2 Å². The molecule has 8 rings (SSSR count). The number of hydrogen-bond donors (Lipinski definition) is 0. The summed E-state index contributed by atoms with van der Waals surface area (Å²) in [5.41, 5.74) is 14.1. The van der Waals surface area contributed by atoms with Crippen LogP contribution in [0.5, 0.6) is 0 Å². The summed E-state index contributed by atoms with van der Waals surface area (Å²) in [5.74, 6) is 1.85. The SMILES string of the molecule is CCC(C)c1ccc(-c2cccc3c2C=[C]([Zr+2][C]2=Cc4c(-c5ccc(C(C)CC)cc5)cccc4C2c2ccc(C)s2)C3c2ccc(C)s2)cc1.[Cl-].[Cl-]. The van der Waals surface area contributed by atoms with Crippen LogP contribution in [0.25, 0.3) is 34.4 Å². The molecule has 0 nitrogen and oxygen atoms in total. The predicted octanol–water partition coefficient (Wildman–Crippen LogP) is 8.55. The van der Waals surface area contributed by atoms with Gasteiger partial charge in [0.15, 0.2) is 0 Å². The van der Waals surface area contributed by atoms with Gasteiger partial charge in [-0.2, -0.15) is 0 Å². The summed E-state index contributed by atoms with van der Waals surface area (Å²) in [6.45, 7) is 13.7. The molecule has 53 heavy (non-hydrogen) atoms. The fraction of sp³-hybridized carbons (Fsp3) is 0.250. The van der Waals surface area contributed by atoms with Crippen LogP contribution in [0.15, 0.2) is 116 Å². The standard InChI is InChI=1S/2C24H23S.2ClH.Zr/c2*1-4-16(2)18-9-11-19(12-10-18)20-6-5-7-21-22(20)13-14-23(21)24-15-8-17(3)25-24;;;/h2*5-13,15-16,23H,4H2,1-3H3;2*1H;/q;;;;+2/p-2. The summed E-state index contributed by atoms with van der Waals surface area (Å²) < 4.78 is 3.35. The van der Waals surface area contributed by atoms with Gasteiger partial charge in [0.1, 0.15) is 0 Å². The van der Waals surface area contributed by atoms with Crippen LogP contribution < -0.4 is 24.8 Å². The van der Waals surface area contributed by atoms with Gasteiger partial charge < -0.3 is 24.8 Å². The molecule has 2 aromatic heterocycles. The molecule has 0 bridgehead atoms. The second kappa shape index (κ2) is 16.9. The molecule has 0 aliphatic heterocycles. The van der Waals surface area contributed by atoms with Crippen LogP contribution in [0.3, 0.4) is 0 Å². The van der Waals surface area contributed by atoms with Gasteiger partial charge in [0.2, 0.25) is 0 Å². The minimum atomic E-state index is -1.22. The summed E-state index contributed by atoms with van der Waals surface area (Å²) >= 11 is 2.74. The summed E-state index contributed by atoms with van der Waals surface area (Å²) in [6.07, 6.45) is 7.59. The topological polar surface area (TPSA) is 0 Å². The number of fused-ring (bicyclic) bond motifs is 2. The van der Waals surface area contributed by atoms with E-state index in [9.17, 15) is 0 Å². The number of aryl methyl sites for hydroxylation is 2. The smallest absolute Gasteiger partial charge is 1.00 e. The zero-order valence-corrected chi connectivity index (χ0v) is 36.9. The molecular formula is C48H46Cl2S2Zr. The molecule has 5 heteroatoms. The Bertz CT molecular complexity index is 2110. The largest absolute Gasteiger partial charge is 1.00 e. The molecule has 0 saturated carbocycles. The molecule has 0 N–H and O–H groups in total. The second-order valence-electron chi connectivity index (χ2n) is 14.6. The molecule has 2 aliphatic carbocycles. The predicted molar refractivity (Wildman–Crippen MR) is 219 cm³/mol. The molecule has 4 unspecified atom stereocenters. The zero-order chi connectivity index (χ0) is 35.2. The number of allylic oxidation sites excluding steroid dienone is 2. The Morgan fingerprint density at radius 3 is 1.26 bits per heavy atom. The summed E-state index contributed by atoms with van der Waals surface area (Å²) in [4.78, 5) is 5.76. The average Bonchev–Trinajstić information content (AvgIpc) is 3.95. The van der Waals surface area contributed by atoms with E-state index < -0.39 is 23.2 Å². The quantitative estimate of drug-likeness (QED) is 0.130. The van der Waals surface area contributed by atoms with Crippen molar-refractivity contribution in [1.29, 1.82) is 0 Å². The third-order valence-electron chi connectivity index (χ3n) is 11.3. The van der Waals surface area contributed by atoms with Crippen molar-refractivity contribution in [3.05, 3.63) is 169 Å². The van der Waals surface area contributed by atoms with Gasteiger partial charge in [-0.3, -0.25) is 0 Å². The third-order valence-corrected chi connectivity index (χ3v) is 17.0. The first-order chi connectivity index (χ1) is 24.8. The van der Waals surface area contributed by atoms with E-state index in [4.69, 9.17) is 0 Å². The summed E-state index contributed by atoms with van der Waals surface area (Å²) in [6, 6.07) is 42.4. The van der Waals surface area contributed by atoms with Gasteiger partial charge >= 0.3 is 327 Å². The molecule has 268 valence electrons. The van der Waals surface area contributed by atoms with Crippen molar-refractivity contribution in [2.45, 2.75) is 78.1 Å². The van der Waals surface area contributed by atoms with Gasteiger partial charge in [-0.15, -0.1) is 0 Å². The summed E-state index contributed by atoms with van der Waals surface area (Å²) in [5, 5.41) is 0. The third kappa shape index (κ3) is 7.72. The Hall–Kier alpha value is -2.78. The first-order valence-corrected chi connectivity index (χ1v) is 22.7. The van der Waals surface area contributed by atoms with Gasteiger partial charge in [-0.05, 0) is 0 Å². The van der Waals surface area contributed by atoms with E-state index in [1.807, 2.05) is 22.7 Å². The monoisotopic (exact) mass is 846 g/mol. The van der Waals surface area contributed by atoms with Crippen molar-refractivity contribution < 1.29 is 48.0 Å². The average molecular weight is 849 g/mol. The molecule has 4 atom stereocenters. The molecule has 0 fully saturated rings. The molecule has 0 amide bonds. The fourth-order valence-electron chi connectivity index (χ4n) is 7.98. The Labute approximate surface area is 348 Å². The molecule has 4 aromatic carbocycles. The van der Waals surface area contributed by atoms with E-state index in [0.717, 1.165) is 12.8 Å². The van der Waals surface area contributed by atoms with Crippen LogP contribution in [-0.4, -0.2) is 0 Å². The van der Waals surface area contributed by atoms with Crippen molar-refractivity contribution in [3.63, 3.8) is 0 Å². The molecule has 2 aliphatic rings. The van der Waals surface area contributed by atoms with E-state index >= 15 is 0 Å². The van der Waals surface area contributed by atoms with Gasteiger partial charge in [-0.1, -0.05) is 0 Å². The van der Waals surface area contributed by atoms with Crippen LogP contribution in [0, 0.1) is 13.8 Å². The van der Waals surface area contributed by atoms with Crippen molar-refractivity contribution in [2.24, 2.45) is 0 Å². The van der Waals surface area contributed by atoms with E-state index in [1.165, 1.54) is 75.1 Å². The molecule has 2 heterocycles. The Kier molecular flexibility index (Phi) is 12.7. The van der Waals surface area contributed by atoms with Crippen LogP contribution in [0.4, 0.5) is 0 Å². The van der Waals surface area contributed by atoms with Crippen molar-refractivity contribution in [2.75, 3.05) is 0 Å². The maximum absolute atomic E-state index is 2.63. The van der Waals surface area contributed by atoms with Crippen LogP contribution >= 0.6 is 22.7 Å². The molecule has 0 spiro atoms. The molecule has 0 radical (unpaired) electrons. The van der Waals surface area contributed by atoms with E-state index in [2.05, 4.69) is 163 Å². The first kappa shape index (κ1) is 39.9. The number of thiophene rings is 2. The molecular weight excluding hydrogens is 803 g/mol. The maximum Gasteiger partial charge on any atom is -1.00 e. The normalized spacial score (nSPS) is 16.7. The number of halogens is 2. The number of hydrogen-bond acceptors (Lipinski definition) is 2.